The molecule has 2 heterocycles. The number of hydrogen-bond acceptors (Lipinski definition) is 5. The molecule has 8 nitrogen and oxygen atoms in total. The predicted octanol–water partition coefficient (Wildman–Crippen LogP) is 4.94. The topological polar surface area (TPSA) is 97.0 Å². The zero-order valence-electron chi connectivity index (χ0n) is 22.1. The molecule has 0 radical (unpaired) electrons. The summed E-state index contributed by atoms with van der Waals surface area (Å²) in [5, 5.41) is 5.78. The van der Waals surface area contributed by atoms with Gasteiger partial charge in [-0.2, -0.15) is 0 Å². The summed E-state index contributed by atoms with van der Waals surface area (Å²) in [4.78, 5) is 39.3. The number of rotatable bonds is 6. The molecule has 0 saturated carbocycles. The maximum atomic E-state index is 12.9. The highest BCUT2D eigenvalue weighted by Gasteiger charge is 2.35. The van der Waals surface area contributed by atoms with E-state index in [4.69, 9.17) is 9.47 Å². The number of ether oxygens (including phenoxy) is 2. The standard InChI is InChI=1S/C32H31N3O5/c36-30(28-8-4-20-35(28)32(38)40-22-25-6-2-1-3-7-25)33-26-16-12-23(13-17-26)10-11-24-14-18-27(19-15-24)34-31(37)29-9-5-21-39-29/h1-3,6-7,12-19,28-29H,4-5,8-9,20-22H2,(H,33,36)(H,34,37)/t28-,29+/m0/s1. The fourth-order valence-electron chi connectivity index (χ4n) is 4.71. The molecule has 3 aromatic rings. The van der Waals surface area contributed by atoms with Gasteiger partial charge in [0.25, 0.3) is 5.91 Å². The first kappa shape index (κ1) is 27.0. The van der Waals surface area contributed by atoms with E-state index in [1.165, 1.54) is 4.90 Å². The molecular formula is C32H31N3O5. The summed E-state index contributed by atoms with van der Waals surface area (Å²) in [5.41, 5.74) is 3.84. The van der Waals surface area contributed by atoms with Crippen LogP contribution in [0.2, 0.25) is 0 Å². The monoisotopic (exact) mass is 537 g/mol. The van der Waals surface area contributed by atoms with Gasteiger partial charge in [-0.25, -0.2) is 4.79 Å². The van der Waals surface area contributed by atoms with Crippen LogP contribution < -0.4 is 10.6 Å². The van der Waals surface area contributed by atoms with Crippen LogP contribution >= 0.6 is 0 Å². The molecule has 0 aromatic heterocycles. The van der Waals surface area contributed by atoms with Gasteiger partial charge in [0.1, 0.15) is 18.8 Å². The van der Waals surface area contributed by atoms with Crippen molar-refractivity contribution in [3.8, 4) is 11.8 Å². The summed E-state index contributed by atoms with van der Waals surface area (Å²) in [7, 11) is 0. The molecule has 3 amide bonds. The molecule has 2 aliphatic rings. The fraction of sp³-hybridized carbons (Fsp3) is 0.281. The van der Waals surface area contributed by atoms with Crippen molar-refractivity contribution in [3.63, 3.8) is 0 Å². The Morgan fingerprint density at radius 1 is 0.800 bits per heavy atom. The molecular weight excluding hydrogens is 506 g/mol. The molecule has 8 heteroatoms. The highest BCUT2D eigenvalue weighted by molar-refractivity contribution is 5.97. The van der Waals surface area contributed by atoms with Crippen molar-refractivity contribution in [2.24, 2.45) is 0 Å². The van der Waals surface area contributed by atoms with Gasteiger partial charge in [0.05, 0.1) is 0 Å². The quantitative estimate of drug-likeness (QED) is 0.434. The second-order valence-corrected chi connectivity index (χ2v) is 9.78. The molecule has 2 fully saturated rings. The first-order valence-electron chi connectivity index (χ1n) is 13.5. The van der Waals surface area contributed by atoms with E-state index >= 15 is 0 Å². The second-order valence-electron chi connectivity index (χ2n) is 9.78. The Bertz CT molecular complexity index is 1390. The maximum Gasteiger partial charge on any atom is 0.410 e. The van der Waals surface area contributed by atoms with Crippen molar-refractivity contribution >= 4 is 29.3 Å². The highest BCUT2D eigenvalue weighted by Crippen LogP contribution is 2.21. The first-order chi connectivity index (χ1) is 19.5. The fourth-order valence-corrected chi connectivity index (χ4v) is 4.71. The predicted molar refractivity (Wildman–Crippen MR) is 151 cm³/mol. The number of amides is 3. The summed E-state index contributed by atoms with van der Waals surface area (Å²) in [6, 6.07) is 23.5. The van der Waals surface area contributed by atoms with E-state index in [0.717, 1.165) is 36.0 Å². The summed E-state index contributed by atoms with van der Waals surface area (Å²) in [6.07, 6.45) is 2.14. The van der Waals surface area contributed by atoms with Crippen molar-refractivity contribution in [3.05, 3.63) is 95.6 Å². The van der Waals surface area contributed by atoms with Crippen LogP contribution in [0.5, 0.6) is 0 Å². The third-order valence-electron chi connectivity index (χ3n) is 6.87. The molecule has 3 aromatic carbocycles. The summed E-state index contributed by atoms with van der Waals surface area (Å²) in [6.45, 7) is 1.29. The Morgan fingerprint density at radius 3 is 2.02 bits per heavy atom. The lowest BCUT2D eigenvalue weighted by Crippen LogP contribution is -2.43. The van der Waals surface area contributed by atoms with Crippen LogP contribution in [0, 0.1) is 11.8 Å². The van der Waals surface area contributed by atoms with E-state index in [1.54, 1.807) is 12.1 Å². The lowest BCUT2D eigenvalue weighted by atomic mass is 10.1. The highest BCUT2D eigenvalue weighted by atomic mass is 16.6. The molecule has 2 aliphatic heterocycles. The van der Waals surface area contributed by atoms with Gasteiger partial charge in [-0.05, 0) is 79.8 Å². The van der Waals surface area contributed by atoms with E-state index < -0.39 is 12.1 Å². The number of likely N-dealkylation sites (tertiary alicyclic amines) is 1. The zero-order valence-corrected chi connectivity index (χ0v) is 22.1. The second kappa shape index (κ2) is 13.0. The Hall–Kier alpha value is -4.61. The summed E-state index contributed by atoms with van der Waals surface area (Å²) in [5.74, 6) is 5.87. The van der Waals surface area contributed by atoms with Crippen LogP contribution in [0.1, 0.15) is 42.4 Å². The zero-order chi connectivity index (χ0) is 27.7. The average Bonchev–Trinajstić information content (AvgIpc) is 3.70. The molecule has 5 rings (SSSR count). The largest absolute Gasteiger partial charge is 0.445 e. The third-order valence-corrected chi connectivity index (χ3v) is 6.87. The summed E-state index contributed by atoms with van der Waals surface area (Å²) >= 11 is 0. The van der Waals surface area contributed by atoms with Crippen molar-refractivity contribution < 1.29 is 23.9 Å². The van der Waals surface area contributed by atoms with Crippen LogP contribution in [0.15, 0.2) is 78.9 Å². The molecule has 0 spiro atoms. The average molecular weight is 538 g/mol. The Labute approximate surface area is 233 Å². The minimum atomic E-state index is -0.568. The lowest BCUT2D eigenvalue weighted by Gasteiger charge is -2.23. The maximum absolute atomic E-state index is 12.9. The number of hydrogen-bond donors (Lipinski definition) is 2. The number of carbonyl (C=O) groups excluding carboxylic acids is 3. The Balaban J connectivity index is 1.12. The van der Waals surface area contributed by atoms with Crippen molar-refractivity contribution in [1.29, 1.82) is 0 Å². The molecule has 0 unspecified atom stereocenters. The number of nitrogens with one attached hydrogen (secondary N) is 2. The van der Waals surface area contributed by atoms with Crippen LogP contribution in [0.3, 0.4) is 0 Å². The van der Waals surface area contributed by atoms with E-state index in [1.807, 2.05) is 66.7 Å². The lowest BCUT2D eigenvalue weighted by molar-refractivity contribution is -0.124. The smallest absolute Gasteiger partial charge is 0.410 e. The van der Waals surface area contributed by atoms with Gasteiger partial charge in [0.15, 0.2) is 0 Å². The van der Waals surface area contributed by atoms with Crippen molar-refractivity contribution in [2.75, 3.05) is 23.8 Å². The first-order valence-corrected chi connectivity index (χ1v) is 13.5. The number of nitrogens with zero attached hydrogens (tertiary/aromatic N) is 1. The molecule has 2 N–H and O–H groups in total. The molecule has 0 bridgehead atoms. The van der Waals surface area contributed by atoms with Gasteiger partial charge in [-0.15, -0.1) is 0 Å². The Kier molecular flexibility index (Phi) is 8.74. The van der Waals surface area contributed by atoms with E-state index in [-0.39, 0.29) is 24.5 Å². The SMILES string of the molecule is O=C(Nc1ccc(C#Cc2ccc(NC(=O)[C@@H]3CCCN3C(=O)OCc3ccccc3)cc2)cc1)[C@H]1CCCO1. The third kappa shape index (κ3) is 7.07. The Morgan fingerprint density at radius 2 is 1.43 bits per heavy atom. The van der Waals surface area contributed by atoms with Gasteiger partial charge in [0.2, 0.25) is 5.91 Å². The number of carbonyl (C=O) groups is 3. The molecule has 2 atom stereocenters. The number of anilines is 2. The molecule has 2 saturated heterocycles. The van der Waals surface area contributed by atoms with E-state index in [9.17, 15) is 14.4 Å². The normalized spacial score (nSPS) is 17.9. The van der Waals surface area contributed by atoms with Gasteiger partial charge in [-0.1, -0.05) is 42.2 Å². The number of benzene rings is 3. The molecule has 40 heavy (non-hydrogen) atoms. The van der Waals surface area contributed by atoms with Gasteiger partial charge in [0, 0.05) is 35.7 Å². The molecule has 204 valence electrons. The molecule has 0 aliphatic carbocycles. The van der Waals surface area contributed by atoms with Gasteiger partial charge < -0.3 is 20.1 Å². The van der Waals surface area contributed by atoms with Crippen LogP contribution in [0.4, 0.5) is 16.2 Å². The minimum Gasteiger partial charge on any atom is -0.445 e. The van der Waals surface area contributed by atoms with Gasteiger partial charge in [-0.3, -0.25) is 14.5 Å². The summed E-state index contributed by atoms with van der Waals surface area (Å²) < 4.78 is 10.8. The van der Waals surface area contributed by atoms with Crippen LogP contribution in [-0.2, 0) is 25.7 Å². The van der Waals surface area contributed by atoms with Gasteiger partial charge >= 0.3 is 6.09 Å². The minimum absolute atomic E-state index is 0.118. The van der Waals surface area contributed by atoms with E-state index in [0.29, 0.717) is 30.9 Å². The van der Waals surface area contributed by atoms with E-state index in [2.05, 4.69) is 22.5 Å². The van der Waals surface area contributed by atoms with Crippen molar-refractivity contribution in [1.82, 2.24) is 4.90 Å². The van der Waals surface area contributed by atoms with Crippen molar-refractivity contribution in [2.45, 2.75) is 44.4 Å². The van der Waals surface area contributed by atoms with Crippen LogP contribution in [-0.4, -0.2) is 48.1 Å². The van der Waals surface area contributed by atoms with Crippen LogP contribution in [0.25, 0.3) is 0 Å².